The lowest BCUT2D eigenvalue weighted by Crippen LogP contribution is -2.03. The van der Waals surface area contributed by atoms with Gasteiger partial charge in [0.1, 0.15) is 5.75 Å². The molecule has 4 heteroatoms. The highest BCUT2D eigenvalue weighted by Gasteiger charge is 1.99. The summed E-state index contributed by atoms with van der Waals surface area (Å²) in [6.07, 6.45) is 9.86. The normalized spacial score (nSPS) is 10.3. The van der Waals surface area contributed by atoms with Crippen molar-refractivity contribution in [2.75, 3.05) is 0 Å². The van der Waals surface area contributed by atoms with Crippen LogP contribution in [0.15, 0.2) is 55.5 Å². The summed E-state index contributed by atoms with van der Waals surface area (Å²) in [5, 5.41) is 0. The van der Waals surface area contributed by atoms with Crippen LogP contribution < -0.4 is 4.74 Å². The first-order valence-corrected chi connectivity index (χ1v) is 5.66. The van der Waals surface area contributed by atoms with Gasteiger partial charge < -0.3 is 4.74 Å². The highest BCUT2D eigenvalue weighted by atomic mass is 16.5. The molecule has 0 unspecified atom stereocenters. The standard InChI is InChI=1S/C15H12N2O2/c1-2-15(18)19-14-6-5-13(17-11-14)4-3-12-7-9-16-10-8-12/h2-11H,1H2/b4-3+. The van der Waals surface area contributed by atoms with Crippen molar-refractivity contribution in [3.63, 3.8) is 0 Å². The molecule has 0 bridgehead atoms. The van der Waals surface area contributed by atoms with E-state index in [9.17, 15) is 4.79 Å². The van der Waals surface area contributed by atoms with Crippen molar-refractivity contribution in [2.45, 2.75) is 0 Å². The van der Waals surface area contributed by atoms with E-state index < -0.39 is 5.97 Å². The van der Waals surface area contributed by atoms with Crippen LogP contribution in [0, 0.1) is 0 Å². The molecule has 0 spiro atoms. The molecule has 0 atom stereocenters. The zero-order valence-corrected chi connectivity index (χ0v) is 10.2. The summed E-state index contributed by atoms with van der Waals surface area (Å²) in [6, 6.07) is 7.25. The van der Waals surface area contributed by atoms with Crippen LogP contribution in [-0.2, 0) is 4.79 Å². The fourth-order valence-corrected chi connectivity index (χ4v) is 1.36. The van der Waals surface area contributed by atoms with Gasteiger partial charge in [0.25, 0.3) is 0 Å². The first-order chi connectivity index (χ1) is 9.28. The molecule has 94 valence electrons. The third-order valence-corrected chi connectivity index (χ3v) is 2.30. The van der Waals surface area contributed by atoms with Crippen molar-refractivity contribution >= 4 is 18.1 Å². The summed E-state index contributed by atoms with van der Waals surface area (Å²) in [7, 11) is 0. The van der Waals surface area contributed by atoms with Crippen molar-refractivity contribution in [3.05, 3.63) is 66.8 Å². The molecule has 0 N–H and O–H groups in total. The fraction of sp³-hybridized carbons (Fsp3) is 0. The highest BCUT2D eigenvalue weighted by molar-refractivity contribution is 5.83. The van der Waals surface area contributed by atoms with Crippen LogP contribution in [-0.4, -0.2) is 15.9 Å². The van der Waals surface area contributed by atoms with Gasteiger partial charge in [-0.1, -0.05) is 12.7 Å². The van der Waals surface area contributed by atoms with E-state index in [1.807, 2.05) is 24.3 Å². The monoisotopic (exact) mass is 252 g/mol. The van der Waals surface area contributed by atoms with E-state index in [0.717, 1.165) is 17.3 Å². The lowest BCUT2D eigenvalue weighted by Gasteiger charge is -2.00. The Bertz CT molecular complexity index is 589. The van der Waals surface area contributed by atoms with E-state index in [1.54, 1.807) is 24.5 Å². The van der Waals surface area contributed by atoms with Gasteiger partial charge in [-0.05, 0) is 35.9 Å². The number of hydrogen-bond acceptors (Lipinski definition) is 4. The third-order valence-electron chi connectivity index (χ3n) is 2.30. The second kappa shape index (κ2) is 6.26. The Balaban J connectivity index is 2.05. The number of aromatic nitrogens is 2. The van der Waals surface area contributed by atoms with Gasteiger partial charge in [-0.2, -0.15) is 0 Å². The van der Waals surface area contributed by atoms with Crippen LogP contribution >= 0.6 is 0 Å². The molecule has 2 heterocycles. The van der Waals surface area contributed by atoms with Crippen molar-refractivity contribution < 1.29 is 9.53 Å². The number of hydrogen-bond donors (Lipinski definition) is 0. The second-order valence-electron chi connectivity index (χ2n) is 3.66. The summed E-state index contributed by atoms with van der Waals surface area (Å²) < 4.78 is 4.93. The maximum absolute atomic E-state index is 11.0. The molecular formula is C15H12N2O2. The minimum atomic E-state index is -0.498. The minimum absolute atomic E-state index is 0.394. The quantitative estimate of drug-likeness (QED) is 0.620. The third kappa shape index (κ3) is 3.89. The van der Waals surface area contributed by atoms with Crippen LogP contribution in [0.4, 0.5) is 0 Å². The molecule has 4 nitrogen and oxygen atoms in total. The predicted molar refractivity (Wildman–Crippen MR) is 73.2 cm³/mol. The molecule has 0 radical (unpaired) electrons. The number of rotatable bonds is 4. The van der Waals surface area contributed by atoms with E-state index in [1.165, 1.54) is 6.20 Å². The van der Waals surface area contributed by atoms with Gasteiger partial charge in [-0.15, -0.1) is 0 Å². The second-order valence-corrected chi connectivity index (χ2v) is 3.66. The van der Waals surface area contributed by atoms with E-state index in [2.05, 4.69) is 16.5 Å². The Hall–Kier alpha value is -2.75. The van der Waals surface area contributed by atoms with Crippen molar-refractivity contribution in [2.24, 2.45) is 0 Å². The summed E-state index contributed by atoms with van der Waals surface area (Å²) in [4.78, 5) is 19.1. The number of pyridine rings is 2. The van der Waals surface area contributed by atoms with Crippen LogP contribution in [0.5, 0.6) is 5.75 Å². The predicted octanol–water partition coefficient (Wildman–Crippen LogP) is 2.74. The molecule has 0 amide bonds. The molecular weight excluding hydrogens is 240 g/mol. The molecule has 19 heavy (non-hydrogen) atoms. The fourth-order valence-electron chi connectivity index (χ4n) is 1.36. The number of ether oxygens (including phenoxy) is 1. The number of esters is 1. The molecule has 0 saturated heterocycles. The zero-order chi connectivity index (χ0) is 13.5. The largest absolute Gasteiger partial charge is 0.422 e. The van der Waals surface area contributed by atoms with Gasteiger partial charge in [0, 0.05) is 18.5 Å². The lowest BCUT2D eigenvalue weighted by atomic mass is 10.2. The summed E-state index contributed by atoms with van der Waals surface area (Å²) in [5.41, 5.74) is 1.81. The van der Waals surface area contributed by atoms with Gasteiger partial charge in [0.15, 0.2) is 0 Å². The molecule has 0 aliphatic heterocycles. The Labute approximate surface area is 111 Å². The maximum atomic E-state index is 11.0. The summed E-state index contributed by atoms with van der Waals surface area (Å²) in [5.74, 6) is -0.104. The molecule has 2 aromatic heterocycles. The van der Waals surface area contributed by atoms with E-state index >= 15 is 0 Å². The van der Waals surface area contributed by atoms with Gasteiger partial charge in [0.05, 0.1) is 11.9 Å². The number of nitrogens with zero attached hydrogens (tertiary/aromatic N) is 2. The Morgan fingerprint density at radius 3 is 2.58 bits per heavy atom. The molecule has 2 rings (SSSR count). The molecule has 0 fully saturated rings. The topological polar surface area (TPSA) is 52.1 Å². The van der Waals surface area contributed by atoms with Crippen LogP contribution in [0.1, 0.15) is 11.3 Å². The molecule has 0 aromatic carbocycles. The highest BCUT2D eigenvalue weighted by Crippen LogP contribution is 2.11. The van der Waals surface area contributed by atoms with Crippen molar-refractivity contribution in [1.82, 2.24) is 9.97 Å². The number of carbonyl (C=O) groups is 1. The molecule has 0 saturated carbocycles. The van der Waals surface area contributed by atoms with Crippen molar-refractivity contribution in [1.29, 1.82) is 0 Å². The SMILES string of the molecule is C=CC(=O)Oc1ccc(/C=C/c2ccncc2)nc1. The minimum Gasteiger partial charge on any atom is -0.422 e. The Morgan fingerprint density at radius 2 is 1.95 bits per heavy atom. The molecule has 2 aromatic rings. The lowest BCUT2D eigenvalue weighted by molar-refractivity contribution is -0.128. The van der Waals surface area contributed by atoms with E-state index in [4.69, 9.17) is 4.74 Å². The first kappa shape index (κ1) is 12.7. The molecule has 0 aliphatic rings. The van der Waals surface area contributed by atoms with E-state index in [-0.39, 0.29) is 0 Å². The van der Waals surface area contributed by atoms with Gasteiger partial charge >= 0.3 is 5.97 Å². The smallest absolute Gasteiger partial charge is 0.335 e. The van der Waals surface area contributed by atoms with Gasteiger partial charge in [0.2, 0.25) is 0 Å². The number of carbonyl (C=O) groups excluding carboxylic acids is 1. The summed E-state index contributed by atoms with van der Waals surface area (Å²) in [6.45, 7) is 3.33. The average molecular weight is 252 g/mol. The zero-order valence-electron chi connectivity index (χ0n) is 10.2. The Kier molecular flexibility index (Phi) is 4.18. The van der Waals surface area contributed by atoms with Crippen LogP contribution in [0.3, 0.4) is 0 Å². The van der Waals surface area contributed by atoms with Gasteiger partial charge in [-0.3, -0.25) is 9.97 Å². The maximum Gasteiger partial charge on any atom is 0.335 e. The molecule has 0 aliphatic carbocycles. The summed E-state index contributed by atoms with van der Waals surface area (Å²) >= 11 is 0. The van der Waals surface area contributed by atoms with Crippen molar-refractivity contribution in [3.8, 4) is 5.75 Å². The van der Waals surface area contributed by atoms with E-state index in [0.29, 0.717) is 5.75 Å². The first-order valence-electron chi connectivity index (χ1n) is 5.66. The van der Waals surface area contributed by atoms with Crippen LogP contribution in [0.25, 0.3) is 12.2 Å². The van der Waals surface area contributed by atoms with Crippen LogP contribution in [0.2, 0.25) is 0 Å². The van der Waals surface area contributed by atoms with Gasteiger partial charge in [-0.25, -0.2) is 4.79 Å². The average Bonchev–Trinajstić information content (AvgIpc) is 2.47. The Morgan fingerprint density at radius 1 is 1.16 bits per heavy atom.